The van der Waals surface area contributed by atoms with Crippen molar-refractivity contribution in [3.63, 3.8) is 0 Å². The number of sulfonamides is 1. The number of anilines is 1. The van der Waals surface area contributed by atoms with Gasteiger partial charge in [0.25, 0.3) is 5.91 Å². The summed E-state index contributed by atoms with van der Waals surface area (Å²) in [6.07, 6.45) is 3.78. The molecule has 2 aromatic carbocycles. The maximum Gasteiger partial charge on any atom is 0.303 e. The highest BCUT2D eigenvalue weighted by Crippen LogP contribution is 2.28. The van der Waals surface area contributed by atoms with E-state index in [0.717, 1.165) is 48.1 Å². The van der Waals surface area contributed by atoms with Gasteiger partial charge in [0, 0.05) is 61.2 Å². The fraction of sp³-hybridized carbons (Fsp3) is 0.414. The highest BCUT2D eigenvalue weighted by Gasteiger charge is 2.38. The van der Waals surface area contributed by atoms with E-state index in [1.54, 1.807) is 47.6 Å². The zero-order valence-corrected chi connectivity index (χ0v) is 24.5. The summed E-state index contributed by atoms with van der Waals surface area (Å²) in [5.41, 5.74) is 2.06. The molecule has 12 heteroatoms. The number of carboxylic acid groups (broad SMARTS) is 1. The number of rotatable bonds is 9. The quantitative estimate of drug-likeness (QED) is 0.395. The van der Waals surface area contributed by atoms with E-state index in [0.29, 0.717) is 18.0 Å². The molecule has 0 aliphatic carbocycles. The van der Waals surface area contributed by atoms with Crippen LogP contribution in [0.1, 0.15) is 31.4 Å². The average Bonchev–Trinajstić information content (AvgIpc) is 2.95. The van der Waals surface area contributed by atoms with Crippen LogP contribution in [0.5, 0.6) is 0 Å². The van der Waals surface area contributed by atoms with Crippen molar-refractivity contribution < 1.29 is 23.1 Å². The second kappa shape index (κ2) is 12.3. The summed E-state index contributed by atoms with van der Waals surface area (Å²) in [5, 5.41) is 15.0. The van der Waals surface area contributed by atoms with Gasteiger partial charge in [-0.1, -0.05) is 23.7 Å². The average molecular weight is 600 g/mol. The maximum atomic E-state index is 13.5. The number of amides is 1. The van der Waals surface area contributed by atoms with Crippen LogP contribution in [0.2, 0.25) is 5.02 Å². The zero-order valence-electron chi connectivity index (χ0n) is 22.9. The molecule has 0 saturated carbocycles. The van der Waals surface area contributed by atoms with Gasteiger partial charge in [0.05, 0.1) is 18.0 Å². The van der Waals surface area contributed by atoms with E-state index < -0.39 is 16.0 Å². The lowest BCUT2D eigenvalue weighted by atomic mass is 10.0. The third kappa shape index (κ3) is 6.64. The summed E-state index contributed by atoms with van der Waals surface area (Å²) in [7, 11) is -3.90. The number of hydrazine groups is 1. The number of hydrogen-bond acceptors (Lipinski definition) is 7. The summed E-state index contributed by atoms with van der Waals surface area (Å²) < 4.78 is 28.2. The Bertz CT molecular complexity index is 1540. The number of piperidine rings is 1. The Balaban J connectivity index is 1.29. The number of carbonyl (C=O) groups excluding carboxylic acids is 1. The summed E-state index contributed by atoms with van der Waals surface area (Å²) in [6.45, 7) is 4.04. The minimum absolute atomic E-state index is 0.00134. The lowest BCUT2D eigenvalue weighted by Gasteiger charge is -2.46. The highest BCUT2D eigenvalue weighted by atomic mass is 35.5. The van der Waals surface area contributed by atoms with Crippen molar-refractivity contribution in [3.8, 4) is 0 Å². The van der Waals surface area contributed by atoms with Crippen molar-refractivity contribution in [2.75, 3.05) is 44.2 Å². The Morgan fingerprint density at radius 3 is 2.49 bits per heavy atom. The first-order chi connectivity index (χ1) is 19.6. The van der Waals surface area contributed by atoms with Gasteiger partial charge in [-0.3, -0.25) is 19.6 Å². The van der Waals surface area contributed by atoms with Gasteiger partial charge < -0.3 is 10.0 Å². The number of halogens is 1. The molecule has 2 aliphatic heterocycles. The van der Waals surface area contributed by atoms with Crippen LogP contribution in [0.25, 0.3) is 10.8 Å². The van der Waals surface area contributed by atoms with Crippen LogP contribution in [0.3, 0.4) is 0 Å². The molecule has 0 spiro atoms. The number of aryl methyl sites for hydroxylation is 1. The summed E-state index contributed by atoms with van der Waals surface area (Å²) >= 11 is 6.06. The van der Waals surface area contributed by atoms with E-state index in [9.17, 15) is 23.1 Å². The standard InChI is InChI=1S/C29H34ClN5O5S/c1-21-17-26(8-11-31-21)32-13-9-25(10-14-32)34(12-2-3-29(37)38)35-16-15-33(20-28(35)36)41(39,40)27-7-5-22-18-24(30)6-4-23(22)19-27/h4-8,11,17-19,25H,2-3,9-10,12-16,20H2,1H3,(H,37,38). The first kappa shape index (κ1) is 29.2. The molecule has 0 radical (unpaired) electrons. The first-order valence-corrected chi connectivity index (χ1v) is 15.6. The van der Waals surface area contributed by atoms with Crippen molar-refractivity contribution in [2.24, 2.45) is 0 Å². The lowest BCUT2D eigenvalue weighted by molar-refractivity contribution is -0.160. The number of piperazine rings is 1. The Morgan fingerprint density at radius 1 is 1.05 bits per heavy atom. The number of benzene rings is 2. The first-order valence-electron chi connectivity index (χ1n) is 13.8. The molecule has 0 bridgehead atoms. The monoisotopic (exact) mass is 599 g/mol. The van der Waals surface area contributed by atoms with E-state index in [1.807, 2.05) is 18.0 Å². The van der Waals surface area contributed by atoms with Gasteiger partial charge in [-0.2, -0.15) is 4.31 Å². The van der Waals surface area contributed by atoms with Crippen molar-refractivity contribution in [1.82, 2.24) is 19.3 Å². The van der Waals surface area contributed by atoms with E-state index >= 15 is 0 Å². The smallest absolute Gasteiger partial charge is 0.303 e. The molecule has 3 aromatic rings. The fourth-order valence-electron chi connectivity index (χ4n) is 5.67. The predicted molar refractivity (Wildman–Crippen MR) is 157 cm³/mol. The van der Waals surface area contributed by atoms with Crippen molar-refractivity contribution >= 4 is 50.0 Å². The molecule has 2 fully saturated rings. The van der Waals surface area contributed by atoms with Crippen LogP contribution in [0.15, 0.2) is 59.6 Å². The van der Waals surface area contributed by atoms with Gasteiger partial charge in [-0.05, 0) is 73.4 Å². The van der Waals surface area contributed by atoms with Gasteiger partial charge in [0.15, 0.2) is 0 Å². The summed E-state index contributed by atoms with van der Waals surface area (Å²) in [4.78, 5) is 31.4. The van der Waals surface area contributed by atoms with Crippen LogP contribution in [-0.4, -0.2) is 90.0 Å². The Hall–Kier alpha value is -3.25. The van der Waals surface area contributed by atoms with Gasteiger partial charge in [0.1, 0.15) is 0 Å². The van der Waals surface area contributed by atoms with Crippen LogP contribution >= 0.6 is 11.6 Å². The SMILES string of the molecule is Cc1cc(N2CCC(N(CCCC(=O)O)N3CCN(S(=O)(=O)c4ccc5cc(Cl)ccc5c4)CC3=O)CC2)ccn1. The van der Waals surface area contributed by atoms with E-state index in [4.69, 9.17) is 11.6 Å². The third-order valence-corrected chi connectivity index (χ3v) is 9.87. The second-order valence-electron chi connectivity index (χ2n) is 10.5. The number of aliphatic carboxylic acids is 1. The number of aromatic nitrogens is 1. The number of fused-ring (bicyclic) bond motifs is 1. The number of hydrogen-bond donors (Lipinski definition) is 1. The topological polar surface area (TPSA) is 114 Å². The Kier molecular flexibility index (Phi) is 8.79. The van der Waals surface area contributed by atoms with E-state index in [-0.39, 0.29) is 42.9 Å². The van der Waals surface area contributed by atoms with Crippen molar-refractivity contribution in [2.45, 2.75) is 43.5 Å². The molecule has 0 atom stereocenters. The van der Waals surface area contributed by atoms with Crippen molar-refractivity contribution in [1.29, 1.82) is 0 Å². The molecule has 1 amide bonds. The maximum absolute atomic E-state index is 13.5. The molecule has 1 N–H and O–H groups in total. The van der Waals surface area contributed by atoms with Crippen LogP contribution in [0, 0.1) is 6.92 Å². The molecule has 1 aromatic heterocycles. The minimum Gasteiger partial charge on any atom is -0.481 e. The lowest BCUT2D eigenvalue weighted by Crippen LogP contribution is -2.61. The molecule has 41 heavy (non-hydrogen) atoms. The largest absolute Gasteiger partial charge is 0.481 e. The zero-order chi connectivity index (χ0) is 29.1. The molecule has 0 unspecified atom stereocenters. The molecular formula is C29H34ClN5O5S. The number of carboxylic acids is 1. The van der Waals surface area contributed by atoms with Crippen LogP contribution in [0.4, 0.5) is 5.69 Å². The molecule has 3 heterocycles. The van der Waals surface area contributed by atoms with Gasteiger partial charge >= 0.3 is 5.97 Å². The highest BCUT2D eigenvalue weighted by molar-refractivity contribution is 7.89. The van der Waals surface area contributed by atoms with Gasteiger partial charge in [0.2, 0.25) is 10.0 Å². The normalized spacial score (nSPS) is 17.5. The Labute approximate surface area is 245 Å². The third-order valence-electron chi connectivity index (χ3n) is 7.79. The Morgan fingerprint density at radius 2 is 1.78 bits per heavy atom. The van der Waals surface area contributed by atoms with Crippen LogP contribution < -0.4 is 4.90 Å². The number of carbonyl (C=O) groups is 2. The molecule has 10 nitrogen and oxygen atoms in total. The molecule has 2 saturated heterocycles. The number of nitrogens with zero attached hydrogens (tertiary/aromatic N) is 5. The van der Waals surface area contributed by atoms with Crippen molar-refractivity contribution in [3.05, 3.63) is 65.4 Å². The predicted octanol–water partition coefficient (Wildman–Crippen LogP) is 3.78. The summed E-state index contributed by atoms with van der Waals surface area (Å²) in [5.74, 6) is -1.19. The molecule has 2 aliphatic rings. The van der Waals surface area contributed by atoms with Gasteiger partial charge in [-0.15, -0.1) is 0 Å². The minimum atomic E-state index is -3.90. The molecule has 218 valence electrons. The summed E-state index contributed by atoms with van der Waals surface area (Å²) in [6, 6.07) is 14.2. The van der Waals surface area contributed by atoms with Crippen LogP contribution in [-0.2, 0) is 19.6 Å². The second-order valence-corrected chi connectivity index (χ2v) is 12.9. The van der Waals surface area contributed by atoms with Gasteiger partial charge in [-0.25, -0.2) is 13.4 Å². The fourth-order valence-corrected chi connectivity index (χ4v) is 7.26. The van der Waals surface area contributed by atoms with E-state index in [1.165, 1.54) is 4.31 Å². The van der Waals surface area contributed by atoms with E-state index in [2.05, 4.69) is 16.0 Å². The molecule has 5 rings (SSSR count). The molecular weight excluding hydrogens is 566 g/mol. The number of pyridine rings is 1.